The molecule has 1 aromatic rings. The Kier molecular flexibility index (Phi) is 10.8. The second kappa shape index (κ2) is 12.8. The molecule has 2 atom stereocenters. The maximum absolute atomic E-state index is 12.4. The van der Waals surface area contributed by atoms with E-state index in [1.807, 2.05) is 30.3 Å². The summed E-state index contributed by atoms with van der Waals surface area (Å²) in [6, 6.07) is 7.00. The normalized spacial score (nSPS) is 12.8. The summed E-state index contributed by atoms with van der Waals surface area (Å²) in [5.74, 6) is -2.45. The van der Waals surface area contributed by atoms with Crippen molar-refractivity contribution in [3.8, 4) is 0 Å². The zero-order valence-electron chi connectivity index (χ0n) is 15.9. The molecule has 0 bridgehead atoms. The van der Waals surface area contributed by atoms with Crippen molar-refractivity contribution in [1.82, 2.24) is 10.6 Å². The SMILES string of the molecule is CC(=O)N[C@@H](CSC(=O)[C@H](CSC(=O)/C=C/c1ccccc1)NC(C)=O)C(=O)O. The van der Waals surface area contributed by atoms with Gasteiger partial charge in [0.05, 0.1) is 0 Å². The van der Waals surface area contributed by atoms with Gasteiger partial charge in [0, 0.05) is 25.4 Å². The van der Waals surface area contributed by atoms with E-state index in [-0.39, 0.29) is 16.6 Å². The standard InChI is InChI=1S/C19H22N2O6S2/c1-12(22)20-15(18(25)26)10-29-19(27)16(21-13(2)23)11-28-17(24)9-8-14-6-4-3-5-7-14/h3-9,15-16H,10-11H2,1-2H3,(H,20,22)(H,21,23)(H,25,26)/b9-8+/t15-,16-/m0/s1. The van der Waals surface area contributed by atoms with E-state index in [2.05, 4.69) is 10.6 Å². The van der Waals surface area contributed by atoms with E-state index >= 15 is 0 Å². The van der Waals surface area contributed by atoms with Crippen LogP contribution in [0, 0.1) is 0 Å². The second-order valence-corrected chi connectivity index (χ2v) is 7.90. The first-order valence-corrected chi connectivity index (χ1v) is 10.5. The summed E-state index contributed by atoms with van der Waals surface area (Å²) in [6.07, 6.45) is 3.02. The van der Waals surface area contributed by atoms with Crippen LogP contribution in [0.1, 0.15) is 19.4 Å². The van der Waals surface area contributed by atoms with Gasteiger partial charge in [0.15, 0.2) is 0 Å². The minimum absolute atomic E-state index is 0.00124. The number of hydrogen-bond acceptors (Lipinski definition) is 7. The van der Waals surface area contributed by atoms with Gasteiger partial charge in [0.1, 0.15) is 12.1 Å². The minimum atomic E-state index is -1.27. The van der Waals surface area contributed by atoms with Crippen LogP contribution in [0.4, 0.5) is 0 Å². The number of carbonyl (C=O) groups is 5. The van der Waals surface area contributed by atoms with Crippen molar-refractivity contribution in [3.63, 3.8) is 0 Å². The Hall–Kier alpha value is -2.59. The van der Waals surface area contributed by atoms with Crippen LogP contribution in [-0.2, 0) is 24.0 Å². The molecule has 29 heavy (non-hydrogen) atoms. The molecule has 1 rings (SSSR count). The first kappa shape index (κ1) is 24.4. The van der Waals surface area contributed by atoms with Gasteiger partial charge in [0.2, 0.25) is 22.0 Å². The van der Waals surface area contributed by atoms with Crippen LogP contribution in [0.15, 0.2) is 36.4 Å². The van der Waals surface area contributed by atoms with Crippen LogP contribution >= 0.6 is 23.5 Å². The van der Waals surface area contributed by atoms with Crippen molar-refractivity contribution in [1.29, 1.82) is 0 Å². The van der Waals surface area contributed by atoms with Crippen LogP contribution < -0.4 is 10.6 Å². The maximum Gasteiger partial charge on any atom is 0.327 e. The van der Waals surface area contributed by atoms with Crippen LogP contribution in [-0.4, -0.2) is 56.7 Å². The van der Waals surface area contributed by atoms with Gasteiger partial charge in [-0.15, -0.1) is 0 Å². The average Bonchev–Trinajstić information content (AvgIpc) is 2.66. The van der Waals surface area contributed by atoms with Gasteiger partial charge in [-0.2, -0.15) is 0 Å². The van der Waals surface area contributed by atoms with Crippen molar-refractivity contribution in [2.45, 2.75) is 25.9 Å². The molecule has 0 aliphatic rings. The number of carboxylic acid groups (broad SMARTS) is 1. The Morgan fingerprint density at radius 2 is 1.48 bits per heavy atom. The first-order valence-electron chi connectivity index (χ1n) is 8.52. The number of hydrogen-bond donors (Lipinski definition) is 3. The number of thioether (sulfide) groups is 2. The average molecular weight is 439 g/mol. The molecule has 0 fully saturated rings. The third-order valence-corrected chi connectivity index (χ3v) is 5.32. The van der Waals surface area contributed by atoms with Crippen molar-refractivity contribution < 1.29 is 29.1 Å². The van der Waals surface area contributed by atoms with E-state index in [4.69, 9.17) is 5.11 Å². The highest BCUT2D eigenvalue weighted by Crippen LogP contribution is 2.14. The summed E-state index contributed by atoms with van der Waals surface area (Å²) in [6.45, 7) is 2.41. The molecule has 10 heteroatoms. The van der Waals surface area contributed by atoms with Crippen molar-refractivity contribution in [3.05, 3.63) is 42.0 Å². The fourth-order valence-corrected chi connectivity index (χ4v) is 3.78. The molecular weight excluding hydrogens is 416 g/mol. The van der Waals surface area contributed by atoms with E-state index in [1.54, 1.807) is 6.08 Å². The summed E-state index contributed by atoms with van der Waals surface area (Å²) in [5, 5.41) is 13.0. The quantitative estimate of drug-likeness (QED) is 0.466. The third-order valence-electron chi connectivity index (χ3n) is 3.33. The van der Waals surface area contributed by atoms with Gasteiger partial charge in [0.25, 0.3) is 0 Å². The molecular formula is C19H22N2O6S2. The molecule has 0 aliphatic carbocycles. The Labute approximate surface area is 176 Å². The highest BCUT2D eigenvalue weighted by molar-refractivity contribution is 8.15. The summed E-state index contributed by atoms with van der Waals surface area (Å²) >= 11 is 1.54. The smallest absolute Gasteiger partial charge is 0.327 e. The predicted molar refractivity (Wildman–Crippen MR) is 113 cm³/mol. The highest BCUT2D eigenvalue weighted by Gasteiger charge is 2.25. The maximum atomic E-state index is 12.4. The number of carbonyl (C=O) groups excluding carboxylic acids is 4. The molecule has 0 aliphatic heterocycles. The van der Waals surface area contributed by atoms with E-state index < -0.39 is 35.0 Å². The fourth-order valence-electron chi connectivity index (χ4n) is 2.04. The second-order valence-electron chi connectivity index (χ2n) is 5.85. The summed E-state index contributed by atoms with van der Waals surface area (Å²) in [7, 11) is 0. The number of benzene rings is 1. The topological polar surface area (TPSA) is 130 Å². The van der Waals surface area contributed by atoms with Gasteiger partial charge in [-0.05, 0) is 11.6 Å². The van der Waals surface area contributed by atoms with E-state index in [9.17, 15) is 24.0 Å². The lowest BCUT2D eigenvalue weighted by atomic mass is 10.2. The minimum Gasteiger partial charge on any atom is -0.480 e. The van der Waals surface area contributed by atoms with Gasteiger partial charge in [-0.25, -0.2) is 4.79 Å². The molecule has 1 aromatic carbocycles. The van der Waals surface area contributed by atoms with Crippen molar-refractivity contribution >= 4 is 57.6 Å². The Balaban J connectivity index is 2.63. The molecule has 0 radical (unpaired) electrons. The largest absolute Gasteiger partial charge is 0.480 e. The highest BCUT2D eigenvalue weighted by atomic mass is 32.2. The van der Waals surface area contributed by atoms with Crippen molar-refractivity contribution in [2.75, 3.05) is 11.5 Å². The Morgan fingerprint density at radius 1 is 0.931 bits per heavy atom. The lowest BCUT2D eigenvalue weighted by Gasteiger charge is -2.17. The van der Waals surface area contributed by atoms with Gasteiger partial charge in [-0.1, -0.05) is 59.9 Å². The summed E-state index contributed by atoms with van der Waals surface area (Å²) < 4.78 is 0. The van der Waals surface area contributed by atoms with Gasteiger partial charge in [-0.3, -0.25) is 19.2 Å². The molecule has 3 N–H and O–H groups in total. The van der Waals surface area contributed by atoms with Crippen LogP contribution in [0.5, 0.6) is 0 Å². The van der Waals surface area contributed by atoms with E-state index in [0.29, 0.717) is 11.8 Å². The Bertz CT molecular complexity index is 782. The summed E-state index contributed by atoms with van der Waals surface area (Å²) in [4.78, 5) is 58.0. The molecule has 0 aromatic heterocycles. The fraction of sp³-hybridized carbons (Fsp3) is 0.316. The number of carboxylic acids is 1. The predicted octanol–water partition coefficient (Wildman–Crippen LogP) is 1.31. The molecule has 0 heterocycles. The lowest BCUT2D eigenvalue weighted by Crippen LogP contribution is -2.44. The monoisotopic (exact) mass is 438 g/mol. The van der Waals surface area contributed by atoms with Crippen LogP contribution in [0.3, 0.4) is 0 Å². The number of nitrogens with one attached hydrogen (secondary N) is 2. The number of aliphatic carboxylic acids is 1. The number of rotatable bonds is 10. The number of amides is 2. The summed E-state index contributed by atoms with van der Waals surface area (Å²) in [5.41, 5.74) is 0.851. The van der Waals surface area contributed by atoms with Crippen LogP contribution in [0.25, 0.3) is 6.08 Å². The Morgan fingerprint density at radius 3 is 2.03 bits per heavy atom. The first-order chi connectivity index (χ1) is 13.7. The van der Waals surface area contributed by atoms with E-state index in [1.165, 1.54) is 19.9 Å². The molecule has 0 saturated carbocycles. The van der Waals surface area contributed by atoms with Gasteiger partial charge < -0.3 is 15.7 Å². The van der Waals surface area contributed by atoms with Gasteiger partial charge >= 0.3 is 5.97 Å². The van der Waals surface area contributed by atoms with Crippen molar-refractivity contribution in [2.24, 2.45) is 0 Å². The van der Waals surface area contributed by atoms with Crippen LogP contribution in [0.2, 0.25) is 0 Å². The van der Waals surface area contributed by atoms with E-state index in [0.717, 1.165) is 17.3 Å². The zero-order valence-corrected chi connectivity index (χ0v) is 17.5. The molecule has 0 unspecified atom stereocenters. The molecule has 8 nitrogen and oxygen atoms in total. The molecule has 0 spiro atoms. The molecule has 156 valence electrons. The molecule has 0 saturated heterocycles. The molecule has 2 amide bonds. The third kappa shape index (κ3) is 10.5. The lowest BCUT2D eigenvalue weighted by molar-refractivity contribution is -0.140. The zero-order chi connectivity index (χ0) is 21.8.